The lowest BCUT2D eigenvalue weighted by Crippen LogP contribution is -2.26. The van der Waals surface area contributed by atoms with Crippen LogP contribution in [0.3, 0.4) is 0 Å². The molecule has 0 heterocycles. The lowest BCUT2D eigenvalue weighted by atomic mass is 10.1. The highest BCUT2D eigenvalue weighted by Gasteiger charge is 2.04. The molecule has 0 radical (unpaired) electrons. The van der Waals surface area contributed by atoms with Gasteiger partial charge in [-0.15, -0.1) is 0 Å². The second-order valence-corrected chi connectivity index (χ2v) is 5.38. The molecular formula is C19H23NO2. The topological polar surface area (TPSA) is 38.3 Å². The van der Waals surface area contributed by atoms with E-state index in [1.165, 1.54) is 11.1 Å². The van der Waals surface area contributed by atoms with Gasteiger partial charge in [0.2, 0.25) is 5.91 Å². The van der Waals surface area contributed by atoms with Gasteiger partial charge in [-0.25, -0.2) is 0 Å². The van der Waals surface area contributed by atoms with E-state index < -0.39 is 0 Å². The number of nitrogens with one attached hydrogen (secondary N) is 1. The zero-order valence-corrected chi connectivity index (χ0v) is 13.3. The van der Waals surface area contributed by atoms with E-state index in [4.69, 9.17) is 4.74 Å². The van der Waals surface area contributed by atoms with Gasteiger partial charge in [0.15, 0.2) is 0 Å². The van der Waals surface area contributed by atoms with Crippen molar-refractivity contribution >= 4 is 5.91 Å². The fourth-order valence-electron chi connectivity index (χ4n) is 2.40. The summed E-state index contributed by atoms with van der Waals surface area (Å²) in [5.41, 5.74) is 3.68. The fraction of sp³-hybridized carbons (Fsp3) is 0.316. The van der Waals surface area contributed by atoms with Crippen LogP contribution in [0.25, 0.3) is 0 Å². The summed E-state index contributed by atoms with van der Waals surface area (Å²) < 4.78 is 5.19. The Morgan fingerprint density at radius 1 is 1.09 bits per heavy atom. The Morgan fingerprint density at radius 3 is 2.68 bits per heavy atom. The molecule has 3 nitrogen and oxygen atoms in total. The van der Waals surface area contributed by atoms with Crippen LogP contribution < -0.4 is 10.1 Å². The van der Waals surface area contributed by atoms with Gasteiger partial charge in [-0.05, 0) is 48.6 Å². The predicted molar refractivity (Wildman–Crippen MR) is 89.2 cm³/mol. The van der Waals surface area contributed by atoms with Crippen molar-refractivity contribution in [2.45, 2.75) is 26.2 Å². The Labute approximate surface area is 132 Å². The van der Waals surface area contributed by atoms with Crippen LogP contribution >= 0.6 is 0 Å². The van der Waals surface area contributed by atoms with Crippen LogP contribution in [-0.2, 0) is 17.6 Å². The summed E-state index contributed by atoms with van der Waals surface area (Å²) >= 11 is 0. The number of methoxy groups -OCH3 is 1. The Hall–Kier alpha value is -2.29. The van der Waals surface area contributed by atoms with Crippen molar-refractivity contribution in [3.8, 4) is 5.75 Å². The molecule has 0 atom stereocenters. The Morgan fingerprint density at radius 2 is 1.91 bits per heavy atom. The average molecular weight is 297 g/mol. The average Bonchev–Trinajstić information content (AvgIpc) is 2.55. The van der Waals surface area contributed by atoms with Crippen molar-refractivity contribution in [3.63, 3.8) is 0 Å². The molecule has 0 aliphatic rings. The molecule has 0 saturated carbocycles. The lowest BCUT2D eigenvalue weighted by Gasteiger charge is -2.08. The van der Waals surface area contributed by atoms with Gasteiger partial charge in [-0.1, -0.05) is 36.4 Å². The van der Waals surface area contributed by atoms with E-state index in [0.29, 0.717) is 13.0 Å². The first-order valence-electron chi connectivity index (χ1n) is 7.63. The molecular weight excluding hydrogens is 274 g/mol. The molecule has 1 N–H and O–H groups in total. The third-order valence-electron chi connectivity index (χ3n) is 3.75. The fourth-order valence-corrected chi connectivity index (χ4v) is 2.40. The molecule has 22 heavy (non-hydrogen) atoms. The van der Waals surface area contributed by atoms with Crippen LogP contribution in [0, 0.1) is 6.92 Å². The number of benzene rings is 2. The molecule has 0 unspecified atom stereocenters. The predicted octanol–water partition coefficient (Wildman–Crippen LogP) is 3.30. The molecule has 0 bridgehead atoms. The van der Waals surface area contributed by atoms with Crippen LogP contribution in [0.4, 0.5) is 0 Å². The van der Waals surface area contributed by atoms with E-state index in [-0.39, 0.29) is 5.91 Å². The zero-order valence-electron chi connectivity index (χ0n) is 13.3. The van der Waals surface area contributed by atoms with Gasteiger partial charge in [0.05, 0.1) is 7.11 Å². The second kappa shape index (κ2) is 8.23. The maximum atomic E-state index is 11.9. The van der Waals surface area contributed by atoms with Crippen molar-refractivity contribution in [2.24, 2.45) is 0 Å². The molecule has 1 amide bonds. The molecule has 0 aliphatic carbocycles. The maximum absolute atomic E-state index is 11.9. The number of aryl methyl sites for hydroxylation is 2. The van der Waals surface area contributed by atoms with Crippen LogP contribution in [0.15, 0.2) is 48.5 Å². The lowest BCUT2D eigenvalue weighted by molar-refractivity contribution is -0.121. The molecule has 2 aromatic rings. The van der Waals surface area contributed by atoms with Crippen LogP contribution in [0.5, 0.6) is 5.75 Å². The number of rotatable bonds is 7. The molecule has 2 rings (SSSR count). The first kappa shape index (κ1) is 16.1. The molecule has 2 aromatic carbocycles. The van der Waals surface area contributed by atoms with E-state index in [0.717, 1.165) is 24.2 Å². The molecule has 3 heteroatoms. The highest BCUT2D eigenvalue weighted by atomic mass is 16.5. The summed E-state index contributed by atoms with van der Waals surface area (Å²) in [4.78, 5) is 11.9. The van der Waals surface area contributed by atoms with E-state index in [9.17, 15) is 4.79 Å². The van der Waals surface area contributed by atoms with Gasteiger partial charge in [0.1, 0.15) is 5.75 Å². The van der Waals surface area contributed by atoms with Crippen molar-refractivity contribution < 1.29 is 9.53 Å². The number of carbonyl (C=O) groups is 1. The molecule has 0 fully saturated rings. The number of hydrogen-bond acceptors (Lipinski definition) is 2. The largest absolute Gasteiger partial charge is 0.497 e. The minimum atomic E-state index is 0.0939. The summed E-state index contributed by atoms with van der Waals surface area (Å²) in [6, 6.07) is 16.1. The van der Waals surface area contributed by atoms with Crippen LogP contribution in [0.2, 0.25) is 0 Å². The molecule has 0 aliphatic heterocycles. The van der Waals surface area contributed by atoms with Gasteiger partial charge in [0.25, 0.3) is 0 Å². The maximum Gasteiger partial charge on any atom is 0.220 e. The van der Waals surface area contributed by atoms with Crippen molar-refractivity contribution in [3.05, 3.63) is 65.2 Å². The van der Waals surface area contributed by atoms with Gasteiger partial charge < -0.3 is 10.1 Å². The first-order valence-corrected chi connectivity index (χ1v) is 7.63. The van der Waals surface area contributed by atoms with E-state index in [1.54, 1.807) is 7.11 Å². The molecule has 116 valence electrons. The number of ether oxygens (including phenoxy) is 1. The summed E-state index contributed by atoms with van der Waals surface area (Å²) in [6.07, 6.45) is 2.10. The zero-order chi connectivity index (χ0) is 15.8. The van der Waals surface area contributed by atoms with Crippen molar-refractivity contribution in [1.82, 2.24) is 5.32 Å². The van der Waals surface area contributed by atoms with Crippen molar-refractivity contribution in [2.75, 3.05) is 13.7 Å². The Bertz CT molecular complexity index is 622. The first-order chi connectivity index (χ1) is 10.7. The third kappa shape index (κ3) is 4.92. The van der Waals surface area contributed by atoms with Gasteiger partial charge in [-0.2, -0.15) is 0 Å². The Kier molecular flexibility index (Phi) is 6.01. The summed E-state index contributed by atoms with van der Waals surface area (Å²) in [5, 5.41) is 2.99. The van der Waals surface area contributed by atoms with Gasteiger partial charge in [0, 0.05) is 13.0 Å². The summed E-state index contributed by atoms with van der Waals surface area (Å²) in [6.45, 7) is 2.78. The Balaban J connectivity index is 1.73. The molecule has 0 saturated heterocycles. The minimum absolute atomic E-state index is 0.0939. The summed E-state index contributed by atoms with van der Waals surface area (Å²) in [5.74, 6) is 0.925. The quantitative estimate of drug-likeness (QED) is 0.851. The molecule has 0 aromatic heterocycles. The number of amides is 1. The SMILES string of the molecule is COc1cccc(CCC(=O)NCCc2ccccc2C)c1. The van der Waals surface area contributed by atoms with E-state index in [2.05, 4.69) is 24.4 Å². The van der Waals surface area contributed by atoms with E-state index >= 15 is 0 Å². The standard InChI is InChI=1S/C19H23NO2/c1-15-6-3-4-8-17(15)12-13-20-19(21)11-10-16-7-5-9-18(14-16)22-2/h3-9,14H,10-13H2,1-2H3,(H,20,21). The smallest absolute Gasteiger partial charge is 0.220 e. The van der Waals surface area contributed by atoms with Crippen molar-refractivity contribution in [1.29, 1.82) is 0 Å². The monoisotopic (exact) mass is 297 g/mol. The minimum Gasteiger partial charge on any atom is -0.497 e. The number of carbonyl (C=O) groups excluding carboxylic acids is 1. The van der Waals surface area contributed by atoms with E-state index in [1.807, 2.05) is 36.4 Å². The normalized spacial score (nSPS) is 10.3. The highest BCUT2D eigenvalue weighted by Crippen LogP contribution is 2.13. The van der Waals surface area contributed by atoms with Crippen LogP contribution in [0.1, 0.15) is 23.1 Å². The second-order valence-electron chi connectivity index (χ2n) is 5.38. The number of hydrogen-bond donors (Lipinski definition) is 1. The summed E-state index contributed by atoms with van der Waals surface area (Å²) in [7, 11) is 1.65. The van der Waals surface area contributed by atoms with Gasteiger partial charge >= 0.3 is 0 Å². The van der Waals surface area contributed by atoms with Crippen LogP contribution in [-0.4, -0.2) is 19.6 Å². The molecule has 0 spiro atoms. The highest BCUT2D eigenvalue weighted by molar-refractivity contribution is 5.76. The third-order valence-corrected chi connectivity index (χ3v) is 3.75. The van der Waals surface area contributed by atoms with Gasteiger partial charge in [-0.3, -0.25) is 4.79 Å².